The Kier molecular flexibility index (Phi) is 6.22. The number of ether oxygens (including phenoxy) is 2. The molecule has 2 aromatic rings. The third kappa shape index (κ3) is 4.59. The molecule has 1 heterocycles. The highest BCUT2D eigenvalue weighted by atomic mass is 35.5. The quantitative estimate of drug-likeness (QED) is 0.318. The van der Waals surface area contributed by atoms with Crippen molar-refractivity contribution in [2.75, 3.05) is 7.11 Å². The standard InChI is InChI=1S/C19H20Cl2N2O3/c1-25-16-7-6-13(11-17(16)26-14-4-2-3-5-14)15(23-24)8-12-9-18(20)22-19(21)10-12/h6-7,9-11,14,24H,2-5,8H2,1H3/b23-15+. The summed E-state index contributed by atoms with van der Waals surface area (Å²) < 4.78 is 11.5. The molecule has 1 aliphatic rings. The smallest absolute Gasteiger partial charge is 0.162 e. The van der Waals surface area contributed by atoms with Gasteiger partial charge in [0.15, 0.2) is 11.5 Å². The molecule has 0 aliphatic heterocycles. The molecule has 1 fully saturated rings. The van der Waals surface area contributed by atoms with Crippen LogP contribution in [0.4, 0.5) is 0 Å². The Morgan fingerprint density at radius 3 is 2.46 bits per heavy atom. The zero-order chi connectivity index (χ0) is 18.5. The maximum Gasteiger partial charge on any atom is 0.162 e. The summed E-state index contributed by atoms with van der Waals surface area (Å²) in [5.74, 6) is 1.32. The van der Waals surface area contributed by atoms with Crippen LogP contribution in [-0.2, 0) is 6.42 Å². The van der Waals surface area contributed by atoms with E-state index < -0.39 is 0 Å². The second-order valence-electron chi connectivity index (χ2n) is 6.23. The van der Waals surface area contributed by atoms with E-state index in [1.54, 1.807) is 19.2 Å². The summed E-state index contributed by atoms with van der Waals surface area (Å²) in [6.07, 6.45) is 5.00. The van der Waals surface area contributed by atoms with Crippen LogP contribution in [-0.4, -0.2) is 29.1 Å². The van der Waals surface area contributed by atoms with Crippen LogP contribution < -0.4 is 9.47 Å². The van der Waals surface area contributed by atoms with Gasteiger partial charge in [-0.3, -0.25) is 0 Å². The highest BCUT2D eigenvalue weighted by molar-refractivity contribution is 6.32. The van der Waals surface area contributed by atoms with Crippen LogP contribution in [0.15, 0.2) is 35.5 Å². The Hall–Kier alpha value is -1.98. The number of hydrogen-bond acceptors (Lipinski definition) is 5. The van der Waals surface area contributed by atoms with Crippen molar-refractivity contribution in [3.63, 3.8) is 0 Å². The van der Waals surface area contributed by atoms with Gasteiger partial charge in [0.05, 0.1) is 18.9 Å². The summed E-state index contributed by atoms with van der Waals surface area (Å²) in [6, 6.07) is 8.88. The molecular weight excluding hydrogens is 375 g/mol. The van der Waals surface area contributed by atoms with Gasteiger partial charge in [-0.05, 0) is 61.6 Å². The number of nitrogens with zero attached hydrogens (tertiary/aromatic N) is 2. The number of pyridine rings is 1. The molecule has 0 saturated heterocycles. The van der Waals surface area contributed by atoms with Crippen molar-refractivity contribution in [2.45, 2.75) is 38.2 Å². The predicted octanol–water partition coefficient (Wildman–Crippen LogP) is 5.14. The number of methoxy groups -OCH3 is 1. The van der Waals surface area contributed by atoms with Crippen LogP contribution in [0.2, 0.25) is 10.3 Å². The number of aromatic nitrogens is 1. The summed E-state index contributed by atoms with van der Waals surface area (Å²) in [7, 11) is 1.61. The zero-order valence-corrected chi connectivity index (χ0v) is 15.9. The van der Waals surface area contributed by atoms with Crippen molar-refractivity contribution >= 4 is 28.9 Å². The first-order chi connectivity index (χ1) is 12.6. The van der Waals surface area contributed by atoms with Crippen molar-refractivity contribution < 1.29 is 14.7 Å². The van der Waals surface area contributed by atoms with Gasteiger partial charge >= 0.3 is 0 Å². The van der Waals surface area contributed by atoms with Crippen LogP contribution in [0.25, 0.3) is 0 Å². The molecule has 3 rings (SSSR count). The number of halogens is 2. The first kappa shape index (κ1) is 18.8. The van der Waals surface area contributed by atoms with Crippen molar-refractivity contribution in [1.82, 2.24) is 4.98 Å². The average molecular weight is 395 g/mol. The van der Waals surface area contributed by atoms with E-state index in [1.807, 2.05) is 18.2 Å². The number of rotatable bonds is 6. The van der Waals surface area contributed by atoms with Crippen molar-refractivity contribution in [3.8, 4) is 11.5 Å². The molecule has 1 aromatic carbocycles. The van der Waals surface area contributed by atoms with E-state index in [0.717, 1.165) is 24.0 Å². The maximum atomic E-state index is 9.52. The summed E-state index contributed by atoms with van der Waals surface area (Å²) in [6.45, 7) is 0. The minimum absolute atomic E-state index is 0.200. The first-order valence-corrected chi connectivity index (χ1v) is 9.22. The third-order valence-electron chi connectivity index (χ3n) is 4.41. The Labute approximate surface area is 162 Å². The largest absolute Gasteiger partial charge is 0.493 e. The molecule has 26 heavy (non-hydrogen) atoms. The molecule has 1 aliphatic carbocycles. The first-order valence-electron chi connectivity index (χ1n) is 8.47. The maximum absolute atomic E-state index is 9.52. The van der Waals surface area contributed by atoms with Crippen molar-refractivity contribution in [3.05, 3.63) is 51.8 Å². The Bertz CT molecular complexity index is 785. The summed E-state index contributed by atoms with van der Waals surface area (Å²) >= 11 is 11.9. The lowest BCUT2D eigenvalue weighted by Crippen LogP contribution is -2.13. The molecule has 0 bridgehead atoms. The van der Waals surface area contributed by atoms with Gasteiger partial charge in [0.1, 0.15) is 10.3 Å². The average Bonchev–Trinajstić information content (AvgIpc) is 3.12. The lowest BCUT2D eigenvalue weighted by molar-refractivity contribution is 0.201. The minimum Gasteiger partial charge on any atom is -0.493 e. The van der Waals surface area contributed by atoms with Crippen LogP contribution in [0, 0.1) is 0 Å². The van der Waals surface area contributed by atoms with E-state index in [0.29, 0.717) is 33.9 Å². The van der Waals surface area contributed by atoms with Gasteiger partial charge in [0.2, 0.25) is 0 Å². The zero-order valence-electron chi connectivity index (χ0n) is 14.4. The molecule has 0 amide bonds. The summed E-state index contributed by atoms with van der Waals surface area (Å²) in [4.78, 5) is 3.93. The second-order valence-corrected chi connectivity index (χ2v) is 7.01. The van der Waals surface area contributed by atoms with E-state index in [-0.39, 0.29) is 6.10 Å². The fourth-order valence-electron chi connectivity index (χ4n) is 3.14. The van der Waals surface area contributed by atoms with Crippen LogP contribution >= 0.6 is 23.2 Å². The van der Waals surface area contributed by atoms with Gasteiger partial charge in [-0.25, -0.2) is 4.98 Å². The van der Waals surface area contributed by atoms with Crippen LogP contribution in [0.5, 0.6) is 11.5 Å². The van der Waals surface area contributed by atoms with E-state index in [1.165, 1.54) is 12.8 Å². The topological polar surface area (TPSA) is 63.9 Å². The summed E-state index contributed by atoms with van der Waals surface area (Å²) in [5.41, 5.74) is 2.02. The molecule has 5 nitrogen and oxygen atoms in total. The predicted molar refractivity (Wildman–Crippen MR) is 102 cm³/mol. The molecule has 1 N–H and O–H groups in total. The van der Waals surface area contributed by atoms with Gasteiger partial charge < -0.3 is 14.7 Å². The van der Waals surface area contributed by atoms with Crippen molar-refractivity contribution in [2.24, 2.45) is 5.16 Å². The highest BCUT2D eigenvalue weighted by Crippen LogP contribution is 2.33. The van der Waals surface area contributed by atoms with Crippen molar-refractivity contribution in [1.29, 1.82) is 0 Å². The molecule has 0 unspecified atom stereocenters. The van der Waals surface area contributed by atoms with Gasteiger partial charge in [-0.15, -0.1) is 0 Å². The number of benzene rings is 1. The monoisotopic (exact) mass is 394 g/mol. The van der Waals surface area contributed by atoms with Gasteiger partial charge in [0, 0.05) is 12.0 Å². The second kappa shape index (κ2) is 8.60. The van der Waals surface area contributed by atoms with E-state index >= 15 is 0 Å². The van der Waals surface area contributed by atoms with E-state index in [9.17, 15) is 5.21 Å². The fourth-order valence-corrected chi connectivity index (χ4v) is 3.64. The normalized spacial score (nSPS) is 15.3. The van der Waals surface area contributed by atoms with Crippen LogP contribution in [0.1, 0.15) is 36.8 Å². The molecule has 0 spiro atoms. The van der Waals surface area contributed by atoms with Gasteiger partial charge in [0.25, 0.3) is 0 Å². The number of hydrogen-bond donors (Lipinski definition) is 1. The SMILES string of the molecule is COc1ccc(/C(Cc2cc(Cl)nc(Cl)c2)=N/O)cc1OC1CCCC1. The van der Waals surface area contributed by atoms with Gasteiger partial charge in [-0.1, -0.05) is 28.4 Å². The molecule has 1 saturated carbocycles. The Morgan fingerprint density at radius 1 is 1.15 bits per heavy atom. The molecule has 138 valence electrons. The minimum atomic E-state index is 0.200. The Morgan fingerprint density at radius 2 is 1.85 bits per heavy atom. The number of oxime groups is 1. The molecule has 1 aromatic heterocycles. The van der Waals surface area contributed by atoms with Gasteiger partial charge in [-0.2, -0.15) is 0 Å². The third-order valence-corrected chi connectivity index (χ3v) is 4.79. The molecular formula is C19H20Cl2N2O3. The highest BCUT2D eigenvalue weighted by Gasteiger charge is 2.19. The van der Waals surface area contributed by atoms with Crippen LogP contribution in [0.3, 0.4) is 0 Å². The molecule has 0 atom stereocenters. The lowest BCUT2D eigenvalue weighted by Gasteiger charge is -2.17. The lowest BCUT2D eigenvalue weighted by atomic mass is 10.0. The van der Waals surface area contributed by atoms with E-state index in [2.05, 4.69) is 10.1 Å². The summed E-state index contributed by atoms with van der Waals surface area (Å²) in [5, 5.41) is 13.6. The van der Waals surface area contributed by atoms with E-state index in [4.69, 9.17) is 32.7 Å². The molecule has 7 heteroatoms. The molecule has 0 radical (unpaired) electrons. The fraction of sp³-hybridized carbons (Fsp3) is 0.368. The Balaban J connectivity index is 1.85.